The second-order valence-electron chi connectivity index (χ2n) is 3.98. The largest absolute Gasteiger partial charge is 0.468 e. The first-order valence-electron chi connectivity index (χ1n) is 4.73. The first-order chi connectivity index (χ1) is 6.79. The molecule has 2 atom stereocenters. The van der Waals surface area contributed by atoms with Crippen molar-refractivity contribution in [3.63, 3.8) is 0 Å². The van der Waals surface area contributed by atoms with Gasteiger partial charge in [0.2, 0.25) is 0 Å². The van der Waals surface area contributed by atoms with Crippen LogP contribution in [-0.2, 0) is 9.53 Å². The van der Waals surface area contributed by atoms with Crippen LogP contribution in [0, 0.1) is 5.92 Å². The highest BCUT2D eigenvalue weighted by atomic mass is 19.4. The molecule has 0 bridgehead atoms. The van der Waals surface area contributed by atoms with Gasteiger partial charge in [-0.15, -0.1) is 0 Å². The van der Waals surface area contributed by atoms with Gasteiger partial charge in [-0.25, -0.2) is 0 Å². The maximum absolute atomic E-state index is 12.4. The Labute approximate surface area is 85.8 Å². The number of nitrogens with two attached hydrogens (primary N) is 1. The van der Waals surface area contributed by atoms with Gasteiger partial charge in [0.15, 0.2) is 0 Å². The molecule has 1 rings (SSSR count). The number of hydrogen-bond acceptors (Lipinski definition) is 3. The van der Waals surface area contributed by atoms with Gasteiger partial charge in [0.05, 0.1) is 13.0 Å². The molecule has 1 aliphatic rings. The lowest BCUT2D eigenvalue weighted by Gasteiger charge is -2.36. The highest BCUT2D eigenvalue weighted by Crippen LogP contribution is 2.41. The van der Waals surface area contributed by atoms with Crippen LogP contribution in [0.1, 0.15) is 25.7 Å². The predicted octanol–water partition coefficient (Wildman–Crippen LogP) is 1.61. The number of carbonyl (C=O) groups is 1. The molecule has 2 N–H and O–H groups in total. The Kier molecular flexibility index (Phi) is 3.28. The van der Waals surface area contributed by atoms with E-state index in [2.05, 4.69) is 4.74 Å². The summed E-state index contributed by atoms with van der Waals surface area (Å²) in [6, 6.07) is 0. The van der Waals surface area contributed by atoms with Gasteiger partial charge in [0.1, 0.15) is 5.54 Å². The summed E-state index contributed by atoms with van der Waals surface area (Å²) in [4.78, 5) is 11.2. The highest BCUT2D eigenvalue weighted by molar-refractivity contribution is 5.80. The maximum atomic E-state index is 12.4. The van der Waals surface area contributed by atoms with Crippen LogP contribution in [0.2, 0.25) is 0 Å². The van der Waals surface area contributed by atoms with Crippen LogP contribution in [0.3, 0.4) is 0 Å². The van der Waals surface area contributed by atoms with Crippen LogP contribution < -0.4 is 5.73 Å². The summed E-state index contributed by atoms with van der Waals surface area (Å²) < 4.78 is 41.8. The van der Waals surface area contributed by atoms with Crippen molar-refractivity contribution < 1.29 is 22.7 Å². The van der Waals surface area contributed by atoms with E-state index in [-0.39, 0.29) is 19.3 Å². The molecular formula is C9H14F3NO2. The Morgan fingerprint density at radius 1 is 1.53 bits per heavy atom. The Morgan fingerprint density at radius 3 is 2.60 bits per heavy atom. The van der Waals surface area contributed by atoms with Gasteiger partial charge in [-0.1, -0.05) is 6.42 Å². The summed E-state index contributed by atoms with van der Waals surface area (Å²) in [6.07, 6.45) is -4.05. The second kappa shape index (κ2) is 4.00. The molecule has 0 saturated heterocycles. The van der Waals surface area contributed by atoms with E-state index in [9.17, 15) is 18.0 Å². The lowest BCUT2D eigenvalue weighted by Crippen LogP contribution is -2.53. The lowest BCUT2D eigenvalue weighted by molar-refractivity contribution is -0.190. The van der Waals surface area contributed by atoms with Crippen molar-refractivity contribution in [1.29, 1.82) is 0 Å². The van der Waals surface area contributed by atoms with Crippen molar-refractivity contribution in [2.75, 3.05) is 7.11 Å². The van der Waals surface area contributed by atoms with Gasteiger partial charge >= 0.3 is 12.1 Å². The van der Waals surface area contributed by atoms with Crippen LogP contribution in [0.5, 0.6) is 0 Å². The number of hydrogen-bond donors (Lipinski definition) is 1. The topological polar surface area (TPSA) is 52.3 Å². The molecular weight excluding hydrogens is 211 g/mol. The lowest BCUT2D eigenvalue weighted by atomic mass is 9.76. The number of esters is 1. The standard InChI is InChI=1S/C9H14F3NO2/c1-15-7(14)8(13)4-2-3-6(5-8)9(10,11)12/h6H,2-5,13H2,1H3/t6-,8-/m0/s1. The molecule has 0 aromatic heterocycles. The SMILES string of the molecule is COC(=O)[C@]1(N)CCC[C@H](C(F)(F)F)C1. The molecule has 0 spiro atoms. The van der Waals surface area contributed by atoms with E-state index in [4.69, 9.17) is 5.73 Å². The van der Waals surface area contributed by atoms with Crippen molar-refractivity contribution in [2.45, 2.75) is 37.4 Å². The monoisotopic (exact) mass is 225 g/mol. The minimum atomic E-state index is -4.28. The molecule has 3 nitrogen and oxygen atoms in total. The summed E-state index contributed by atoms with van der Waals surface area (Å²) in [7, 11) is 1.13. The molecule has 0 amide bonds. The van der Waals surface area contributed by atoms with E-state index in [1.165, 1.54) is 0 Å². The quantitative estimate of drug-likeness (QED) is 0.690. The average Bonchev–Trinajstić information content (AvgIpc) is 2.15. The molecule has 0 aromatic rings. The van der Waals surface area contributed by atoms with Crippen molar-refractivity contribution in [3.05, 3.63) is 0 Å². The minimum absolute atomic E-state index is 0.0411. The van der Waals surface area contributed by atoms with Crippen LogP contribution in [0.15, 0.2) is 0 Å². The van der Waals surface area contributed by atoms with Gasteiger partial charge in [0, 0.05) is 0 Å². The summed E-state index contributed by atoms with van der Waals surface area (Å²) in [6.45, 7) is 0. The summed E-state index contributed by atoms with van der Waals surface area (Å²) >= 11 is 0. The van der Waals surface area contributed by atoms with Gasteiger partial charge in [-0.3, -0.25) is 4.79 Å². The first-order valence-corrected chi connectivity index (χ1v) is 4.73. The molecule has 0 radical (unpaired) electrons. The summed E-state index contributed by atoms with van der Waals surface area (Å²) in [5.41, 5.74) is 4.16. The molecule has 88 valence electrons. The third kappa shape index (κ3) is 2.62. The van der Waals surface area contributed by atoms with Crippen LogP contribution in [-0.4, -0.2) is 24.8 Å². The fourth-order valence-corrected chi connectivity index (χ4v) is 1.98. The molecule has 1 saturated carbocycles. The van der Waals surface area contributed by atoms with E-state index < -0.39 is 23.6 Å². The minimum Gasteiger partial charge on any atom is -0.468 e. The zero-order valence-electron chi connectivity index (χ0n) is 8.43. The molecule has 1 fully saturated rings. The van der Waals surface area contributed by atoms with Crippen molar-refractivity contribution in [1.82, 2.24) is 0 Å². The van der Waals surface area contributed by atoms with Crippen LogP contribution in [0.4, 0.5) is 13.2 Å². The Balaban J connectivity index is 2.75. The molecule has 6 heteroatoms. The smallest absolute Gasteiger partial charge is 0.391 e. The normalized spacial score (nSPS) is 32.5. The molecule has 15 heavy (non-hydrogen) atoms. The fraction of sp³-hybridized carbons (Fsp3) is 0.889. The van der Waals surface area contributed by atoms with E-state index >= 15 is 0 Å². The predicted molar refractivity (Wildman–Crippen MR) is 46.9 cm³/mol. The molecule has 0 heterocycles. The fourth-order valence-electron chi connectivity index (χ4n) is 1.98. The number of carbonyl (C=O) groups excluding carboxylic acids is 1. The van der Waals surface area contributed by atoms with Gasteiger partial charge < -0.3 is 10.5 Å². The molecule has 0 unspecified atom stereocenters. The number of methoxy groups -OCH3 is 1. The van der Waals surface area contributed by atoms with Crippen molar-refractivity contribution in [2.24, 2.45) is 11.7 Å². The Morgan fingerprint density at radius 2 is 2.13 bits per heavy atom. The van der Waals surface area contributed by atoms with Gasteiger partial charge in [-0.2, -0.15) is 13.2 Å². The second-order valence-corrected chi connectivity index (χ2v) is 3.98. The maximum Gasteiger partial charge on any atom is 0.391 e. The zero-order valence-corrected chi connectivity index (χ0v) is 8.43. The third-order valence-electron chi connectivity index (χ3n) is 2.84. The summed E-state index contributed by atoms with van der Waals surface area (Å²) in [5.74, 6) is -2.24. The van der Waals surface area contributed by atoms with Crippen molar-refractivity contribution >= 4 is 5.97 Å². The highest BCUT2D eigenvalue weighted by Gasteiger charge is 2.49. The van der Waals surface area contributed by atoms with E-state index in [0.29, 0.717) is 6.42 Å². The molecule has 0 aliphatic heterocycles. The van der Waals surface area contributed by atoms with Gasteiger partial charge in [0.25, 0.3) is 0 Å². The number of halogens is 3. The Bertz CT molecular complexity index is 254. The van der Waals surface area contributed by atoms with Crippen LogP contribution >= 0.6 is 0 Å². The zero-order chi connectivity index (χ0) is 11.7. The number of alkyl halides is 3. The number of rotatable bonds is 1. The first kappa shape index (κ1) is 12.3. The van der Waals surface area contributed by atoms with Crippen LogP contribution in [0.25, 0.3) is 0 Å². The average molecular weight is 225 g/mol. The Hall–Kier alpha value is -0.780. The molecule has 0 aromatic carbocycles. The van der Waals surface area contributed by atoms with E-state index in [1.807, 2.05) is 0 Å². The molecule has 1 aliphatic carbocycles. The van der Waals surface area contributed by atoms with E-state index in [0.717, 1.165) is 7.11 Å². The number of ether oxygens (including phenoxy) is 1. The summed E-state index contributed by atoms with van der Waals surface area (Å²) in [5, 5.41) is 0. The third-order valence-corrected chi connectivity index (χ3v) is 2.84. The van der Waals surface area contributed by atoms with Gasteiger partial charge in [-0.05, 0) is 19.3 Å². The van der Waals surface area contributed by atoms with E-state index in [1.54, 1.807) is 0 Å². The van der Waals surface area contributed by atoms with Crippen molar-refractivity contribution in [3.8, 4) is 0 Å².